The normalized spacial score (nSPS) is 17.5. The molecule has 4 rings (SSSR count). The third-order valence-corrected chi connectivity index (χ3v) is 5.15. The predicted molar refractivity (Wildman–Crippen MR) is 109 cm³/mol. The van der Waals surface area contributed by atoms with Crippen LogP contribution in [0.3, 0.4) is 0 Å². The van der Waals surface area contributed by atoms with Crippen LogP contribution in [0, 0.1) is 0 Å². The summed E-state index contributed by atoms with van der Waals surface area (Å²) in [5.41, 5.74) is 2.12. The Hall–Kier alpha value is -2.87. The molecular formula is C20H26N6O2. The number of carbonyl (C=O) groups is 1. The number of amides is 1. The molecule has 2 aromatic rings. The molecule has 1 amide bonds. The van der Waals surface area contributed by atoms with Gasteiger partial charge in [0.15, 0.2) is 0 Å². The lowest BCUT2D eigenvalue weighted by atomic mass is 10.2. The number of hydrogen-bond acceptors (Lipinski definition) is 7. The lowest BCUT2D eigenvalue weighted by molar-refractivity contribution is -0.129. The average Bonchev–Trinajstić information content (AvgIpc) is 2.79. The maximum Gasteiger partial charge on any atom is 0.241 e. The van der Waals surface area contributed by atoms with Crippen LogP contribution < -0.4 is 15.1 Å². The van der Waals surface area contributed by atoms with Crippen molar-refractivity contribution in [1.29, 1.82) is 0 Å². The number of nitrogens with zero attached hydrogens (tertiary/aromatic N) is 5. The van der Waals surface area contributed by atoms with E-state index in [9.17, 15) is 4.79 Å². The van der Waals surface area contributed by atoms with Crippen LogP contribution in [-0.4, -0.2) is 79.8 Å². The SMILES string of the molecule is O=C(CNc1ccccc1N1CCOCC1)N1CCN(c2ncccn2)CC1. The minimum absolute atomic E-state index is 0.116. The predicted octanol–water partition coefficient (Wildman–Crippen LogP) is 1.07. The largest absolute Gasteiger partial charge is 0.378 e. The molecule has 2 saturated heterocycles. The van der Waals surface area contributed by atoms with E-state index in [2.05, 4.69) is 31.2 Å². The zero-order chi connectivity index (χ0) is 19.2. The molecule has 1 aromatic heterocycles. The van der Waals surface area contributed by atoms with Crippen molar-refractivity contribution in [2.45, 2.75) is 0 Å². The van der Waals surface area contributed by atoms with Gasteiger partial charge in [-0.2, -0.15) is 0 Å². The summed E-state index contributed by atoms with van der Waals surface area (Å²) in [6.07, 6.45) is 3.49. The van der Waals surface area contributed by atoms with E-state index in [0.29, 0.717) is 19.6 Å². The molecular weight excluding hydrogens is 356 g/mol. The van der Waals surface area contributed by atoms with E-state index >= 15 is 0 Å². The number of para-hydroxylation sites is 2. The molecule has 2 aliphatic heterocycles. The van der Waals surface area contributed by atoms with Gasteiger partial charge in [0, 0.05) is 51.7 Å². The quantitative estimate of drug-likeness (QED) is 0.829. The molecule has 8 nitrogen and oxygen atoms in total. The highest BCUT2D eigenvalue weighted by molar-refractivity contribution is 5.83. The molecule has 1 aromatic carbocycles. The van der Waals surface area contributed by atoms with E-state index in [1.165, 1.54) is 0 Å². The number of ether oxygens (including phenoxy) is 1. The first-order valence-electron chi connectivity index (χ1n) is 9.76. The van der Waals surface area contributed by atoms with Crippen LogP contribution in [0.5, 0.6) is 0 Å². The van der Waals surface area contributed by atoms with Crippen LogP contribution in [0.1, 0.15) is 0 Å². The zero-order valence-electron chi connectivity index (χ0n) is 16.0. The number of hydrogen-bond donors (Lipinski definition) is 1. The van der Waals surface area contributed by atoms with Crippen molar-refractivity contribution in [3.05, 3.63) is 42.7 Å². The van der Waals surface area contributed by atoms with E-state index in [1.54, 1.807) is 12.4 Å². The third-order valence-electron chi connectivity index (χ3n) is 5.15. The first-order chi connectivity index (χ1) is 13.8. The summed E-state index contributed by atoms with van der Waals surface area (Å²) in [7, 11) is 0. The van der Waals surface area contributed by atoms with Gasteiger partial charge in [-0.1, -0.05) is 12.1 Å². The molecule has 0 radical (unpaired) electrons. The minimum Gasteiger partial charge on any atom is -0.378 e. The average molecular weight is 382 g/mol. The second-order valence-electron chi connectivity index (χ2n) is 6.89. The standard InChI is InChI=1S/C20H26N6O2/c27-19(25-8-10-26(11-9-25)20-21-6-3-7-22-20)16-23-17-4-1-2-5-18(17)24-12-14-28-15-13-24/h1-7,23H,8-16H2. The molecule has 148 valence electrons. The Morgan fingerprint density at radius 2 is 1.64 bits per heavy atom. The number of morpholine rings is 1. The molecule has 1 N–H and O–H groups in total. The molecule has 2 aliphatic rings. The Morgan fingerprint density at radius 3 is 2.39 bits per heavy atom. The number of benzene rings is 1. The van der Waals surface area contributed by atoms with Crippen LogP contribution in [0.25, 0.3) is 0 Å². The summed E-state index contributed by atoms with van der Waals surface area (Å²) in [6, 6.07) is 9.96. The fourth-order valence-corrected chi connectivity index (χ4v) is 3.60. The van der Waals surface area contributed by atoms with Crippen molar-refractivity contribution in [3.63, 3.8) is 0 Å². The molecule has 0 spiro atoms. The van der Waals surface area contributed by atoms with Gasteiger partial charge in [0.2, 0.25) is 11.9 Å². The number of carbonyl (C=O) groups excluding carboxylic acids is 1. The molecule has 2 fully saturated rings. The lowest BCUT2D eigenvalue weighted by Crippen LogP contribution is -2.50. The van der Waals surface area contributed by atoms with E-state index in [-0.39, 0.29) is 5.91 Å². The topological polar surface area (TPSA) is 73.8 Å². The van der Waals surface area contributed by atoms with Gasteiger partial charge in [-0.3, -0.25) is 4.79 Å². The van der Waals surface area contributed by atoms with Gasteiger partial charge in [0.25, 0.3) is 0 Å². The van der Waals surface area contributed by atoms with Crippen molar-refractivity contribution in [3.8, 4) is 0 Å². The van der Waals surface area contributed by atoms with E-state index in [1.807, 2.05) is 29.2 Å². The second-order valence-corrected chi connectivity index (χ2v) is 6.89. The monoisotopic (exact) mass is 382 g/mol. The highest BCUT2D eigenvalue weighted by Gasteiger charge is 2.22. The summed E-state index contributed by atoms with van der Waals surface area (Å²) in [5, 5.41) is 3.34. The van der Waals surface area contributed by atoms with Gasteiger partial charge in [-0.25, -0.2) is 9.97 Å². The van der Waals surface area contributed by atoms with E-state index in [0.717, 1.165) is 56.7 Å². The number of nitrogens with one attached hydrogen (secondary N) is 1. The second kappa shape index (κ2) is 8.88. The lowest BCUT2D eigenvalue weighted by Gasteiger charge is -2.35. The van der Waals surface area contributed by atoms with Gasteiger partial charge in [-0.05, 0) is 18.2 Å². The summed E-state index contributed by atoms with van der Waals surface area (Å²) < 4.78 is 5.44. The van der Waals surface area contributed by atoms with Crippen LogP contribution in [0.15, 0.2) is 42.7 Å². The number of piperazine rings is 1. The van der Waals surface area contributed by atoms with Crippen molar-refractivity contribution in [2.24, 2.45) is 0 Å². The first kappa shape index (κ1) is 18.5. The Kier molecular flexibility index (Phi) is 5.86. The summed E-state index contributed by atoms with van der Waals surface area (Å²) >= 11 is 0. The maximum absolute atomic E-state index is 12.7. The van der Waals surface area contributed by atoms with Crippen molar-refractivity contribution >= 4 is 23.2 Å². The van der Waals surface area contributed by atoms with Crippen molar-refractivity contribution < 1.29 is 9.53 Å². The molecule has 28 heavy (non-hydrogen) atoms. The van der Waals surface area contributed by atoms with E-state index in [4.69, 9.17) is 4.74 Å². The highest BCUT2D eigenvalue weighted by atomic mass is 16.5. The Bertz CT molecular complexity index is 773. The fraction of sp³-hybridized carbons (Fsp3) is 0.450. The summed E-state index contributed by atoms with van der Waals surface area (Å²) in [6.45, 7) is 6.38. The fourth-order valence-electron chi connectivity index (χ4n) is 3.60. The van der Waals surface area contributed by atoms with Crippen LogP contribution in [-0.2, 0) is 9.53 Å². The minimum atomic E-state index is 0.116. The number of aromatic nitrogens is 2. The molecule has 0 unspecified atom stereocenters. The Morgan fingerprint density at radius 1 is 0.929 bits per heavy atom. The summed E-state index contributed by atoms with van der Waals surface area (Å²) in [5.74, 6) is 0.845. The van der Waals surface area contributed by atoms with Crippen LogP contribution in [0.4, 0.5) is 17.3 Å². The number of anilines is 3. The van der Waals surface area contributed by atoms with Gasteiger partial charge in [-0.15, -0.1) is 0 Å². The highest BCUT2D eigenvalue weighted by Crippen LogP contribution is 2.26. The molecule has 0 bridgehead atoms. The van der Waals surface area contributed by atoms with Crippen LogP contribution >= 0.6 is 0 Å². The Balaban J connectivity index is 1.31. The smallest absolute Gasteiger partial charge is 0.241 e. The molecule has 8 heteroatoms. The molecule has 3 heterocycles. The number of rotatable bonds is 5. The first-order valence-corrected chi connectivity index (χ1v) is 9.76. The Labute approximate surface area is 165 Å². The molecule has 0 aliphatic carbocycles. The maximum atomic E-state index is 12.7. The van der Waals surface area contributed by atoms with Crippen molar-refractivity contribution in [1.82, 2.24) is 14.9 Å². The zero-order valence-corrected chi connectivity index (χ0v) is 16.0. The van der Waals surface area contributed by atoms with Gasteiger partial charge >= 0.3 is 0 Å². The van der Waals surface area contributed by atoms with E-state index < -0.39 is 0 Å². The van der Waals surface area contributed by atoms with Crippen molar-refractivity contribution in [2.75, 3.05) is 74.1 Å². The third kappa shape index (κ3) is 4.33. The van der Waals surface area contributed by atoms with Gasteiger partial charge in [0.05, 0.1) is 31.1 Å². The molecule has 0 atom stereocenters. The summed E-state index contributed by atoms with van der Waals surface area (Å²) in [4.78, 5) is 27.6. The van der Waals surface area contributed by atoms with Gasteiger partial charge in [0.1, 0.15) is 0 Å². The molecule has 0 saturated carbocycles. The van der Waals surface area contributed by atoms with Gasteiger partial charge < -0.3 is 24.8 Å². The van der Waals surface area contributed by atoms with Crippen LogP contribution in [0.2, 0.25) is 0 Å².